The number of aromatic nitrogens is 2. The predicted octanol–water partition coefficient (Wildman–Crippen LogP) is 1.12. The average Bonchev–Trinajstić information content (AvgIpc) is 2.60. The molecule has 0 bridgehead atoms. The highest BCUT2D eigenvalue weighted by Crippen LogP contribution is 2.03. The van der Waals surface area contributed by atoms with Gasteiger partial charge in [-0.15, -0.1) is 0 Å². The highest BCUT2D eigenvalue weighted by Gasteiger charge is 2.05. The molecule has 2 N–H and O–H groups in total. The maximum absolute atomic E-state index is 11.6. The molecule has 1 rings (SSSR count). The number of nitrogens with one attached hydrogen (secondary N) is 2. The topological polar surface area (TPSA) is 59.0 Å². The van der Waals surface area contributed by atoms with Crippen LogP contribution in [-0.2, 0) is 18.4 Å². The van der Waals surface area contributed by atoms with Gasteiger partial charge in [-0.05, 0) is 19.9 Å². The maximum Gasteiger partial charge on any atom is 0.220 e. The summed E-state index contributed by atoms with van der Waals surface area (Å²) in [7, 11) is 1.88. The van der Waals surface area contributed by atoms with Crippen LogP contribution in [0.4, 0.5) is 0 Å². The van der Waals surface area contributed by atoms with Crippen molar-refractivity contribution < 1.29 is 4.79 Å². The lowest BCUT2D eigenvalue weighted by Crippen LogP contribution is -2.27. The predicted molar refractivity (Wildman–Crippen MR) is 72.2 cm³/mol. The monoisotopic (exact) mass is 252 g/mol. The van der Waals surface area contributed by atoms with E-state index in [1.54, 1.807) is 4.68 Å². The van der Waals surface area contributed by atoms with Gasteiger partial charge in [-0.3, -0.25) is 9.48 Å². The Morgan fingerprint density at radius 2 is 2.22 bits per heavy atom. The Morgan fingerprint density at radius 3 is 2.78 bits per heavy atom. The number of amides is 1. The first-order chi connectivity index (χ1) is 8.49. The minimum atomic E-state index is 0.101. The Labute approximate surface area is 109 Å². The molecule has 0 aliphatic rings. The summed E-state index contributed by atoms with van der Waals surface area (Å²) >= 11 is 0. The fraction of sp³-hybridized carbons (Fsp3) is 0.692. The van der Waals surface area contributed by atoms with Gasteiger partial charge < -0.3 is 10.6 Å². The molecular weight excluding hydrogens is 228 g/mol. The lowest BCUT2D eigenvalue weighted by Gasteiger charge is -2.08. The van der Waals surface area contributed by atoms with Gasteiger partial charge in [0.25, 0.3) is 0 Å². The Hall–Kier alpha value is -1.36. The Balaban J connectivity index is 2.19. The van der Waals surface area contributed by atoms with Crippen LogP contribution in [0.1, 0.15) is 37.9 Å². The van der Waals surface area contributed by atoms with E-state index in [1.807, 2.05) is 20.2 Å². The van der Waals surface area contributed by atoms with Crippen LogP contribution in [0.2, 0.25) is 0 Å². The third-order valence-electron chi connectivity index (χ3n) is 2.72. The molecule has 0 atom stereocenters. The van der Waals surface area contributed by atoms with Crippen LogP contribution in [0.5, 0.6) is 0 Å². The van der Waals surface area contributed by atoms with Gasteiger partial charge >= 0.3 is 0 Å². The van der Waals surface area contributed by atoms with E-state index < -0.39 is 0 Å². The molecule has 0 radical (unpaired) electrons. The molecule has 18 heavy (non-hydrogen) atoms. The zero-order valence-electron chi connectivity index (χ0n) is 11.8. The van der Waals surface area contributed by atoms with Gasteiger partial charge in [0.15, 0.2) is 0 Å². The van der Waals surface area contributed by atoms with E-state index in [0.29, 0.717) is 19.0 Å². The molecule has 0 saturated carbocycles. The van der Waals surface area contributed by atoms with Crippen molar-refractivity contribution in [3.8, 4) is 0 Å². The Morgan fingerprint density at radius 1 is 1.50 bits per heavy atom. The van der Waals surface area contributed by atoms with Crippen LogP contribution in [0.25, 0.3) is 0 Å². The second-order valence-electron chi connectivity index (χ2n) is 4.90. The maximum atomic E-state index is 11.6. The Bertz CT molecular complexity index is 384. The summed E-state index contributed by atoms with van der Waals surface area (Å²) < 4.78 is 1.77. The standard InChI is InChI=1S/C13H24N4O/c1-10(2)14-7-5-6-13(18)15-8-12-9-17(4)16-11(12)3/h9-10,14H,5-8H2,1-4H3,(H,15,18). The van der Waals surface area contributed by atoms with Crippen LogP contribution >= 0.6 is 0 Å². The number of rotatable bonds is 7. The van der Waals surface area contributed by atoms with Crippen molar-refractivity contribution in [1.82, 2.24) is 20.4 Å². The van der Waals surface area contributed by atoms with Gasteiger partial charge in [0, 0.05) is 37.8 Å². The molecule has 1 aromatic rings. The van der Waals surface area contributed by atoms with Crippen LogP contribution in [-0.4, -0.2) is 28.3 Å². The van der Waals surface area contributed by atoms with Crippen LogP contribution in [0.15, 0.2) is 6.20 Å². The minimum Gasteiger partial charge on any atom is -0.352 e. The number of hydrogen-bond acceptors (Lipinski definition) is 3. The first-order valence-corrected chi connectivity index (χ1v) is 6.48. The molecule has 0 spiro atoms. The van der Waals surface area contributed by atoms with Crippen molar-refractivity contribution in [3.63, 3.8) is 0 Å². The lowest BCUT2D eigenvalue weighted by atomic mass is 10.2. The van der Waals surface area contributed by atoms with E-state index in [-0.39, 0.29) is 5.91 Å². The van der Waals surface area contributed by atoms with Crippen molar-refractivity contribution in [1.29, 1.82) is 0 Å². The molecule has 1 amide bonds. The summed E-state index contributed by atoms with van der Waals surface area (Å²) in [5, 5.41) is 10.5. The number of nitrogens with zero attached hydrogens (tertiary/aromatic N) is 2. The third-order valence-corrected chi connectivity index (χ3v) is 2.72. The van der Waals surface area contributed by atoms with Crippen LogP contribution in [0.3, 0.4) is 0 Å². The smallest absolute Gasteiger partial charge is 0.220 e. The lowest BCUT2D eigenvalue weighted by molar-refractivity contribution is -0.121. The summed E-state index contributed by atoms with van der Waals surface area (Å²) in [6.45, 7) is 7.61. The van der Waals surface area contributed by atoms with Gasteiger partial charge in [-0.25, -0.2) is 0 Å². The highest BCUT2D eigenvalue weighted by atomic mass is 16.1. The largest absolute Gasteiger partial charge is 0.352 e. The molecule has 0 aromatic carbocycles. The fourth-order valence-electron chi connectivity index (χ4n) is 1.74. The minimum absolute atomic E-state index is 0.101. The van der Waals surface area contributed by atoms with Gasteiger partial charge in [0.05, 0.1) is 5.69 Å². The molecule has 5 heteroatoms. The second kappa shape index (κ2) is 7.16. The first-order valence-electron chi connectivity index (χ1n) is 6.48. The molecule has 0 unspecified atom stereocenters. The molecule has 1 aromatic heterocycles. The summed E-state index contributed by atoms with van der Waals surface area (Å²) in [4.78, 5) is 11.6. The SMILES string of the molecule is Cc1nn(C)cc1CNC(=O)CCCNC(C)C. The first kappa shape index (κ1) is 14.7. The van der Waals surface area contributed by atoms with Crippen molar-refractivity contribution in [3.05, 3.63) is 17.5 Å². The van der Waals surface area contributed by atoms with E-state index >= 15 is 0 Å². The zero-order valence-corrected chi connectivity index (χ0v) is 11.8. The molecule has 0 aliphatic carbocycles. The molecule has 5 nitrogen and oxygen atoms in total. The summed E-state index contributed by atoms with van der Waals surface area (Å²) in [5.74, 6) is 0.101. The number of aryl methyl sites for hydroxylation is 2. The normalized spacial score (nSPS) is 10.9. The van der Waals surface area contributed by atoms with E-state index in [1.165, 1.54) is 0 Å². The molecule has 1 heterocycles. The molecule has 0 aliphatic heterocycles. The third kappa shape index (κ3) is 5.31. The zero-order chi connectivity index (χ0) is 13.5. The van der Waals surface area contributed by atoms with Gasteiger partial charge in [-0.1, -0.05) is 13.8 Å². The molecule has 102 valence electrons. The van der Waals surface area contributed by atoms with Crippen LogP contribution in [0, 0.1) is 6.92 Å². The van der Waals surface area contributed by atoms with Gasteiger partial charge in [-0.2, -0.15) is 5.10 Å². The molecule has 0 saturated heterocycles. The number of carbonyl (C=O) groups excluding carboxylic acids is 1. The fourth-order valence-corrected chi connectivity index (χ4v) is 1.74. The highest BCUT2D eigenvalue weighted by molar-refractivity contribution is 5.75. The molecular formula is C13H24N4O. The Kier molecular flexibility index (Phi) is 5.85. The van der Waals surface area contributed by atoms with Gasteiger partial charge in [0.2, 0.25) is 5.91 Å². The van der Waals surface area contributed by atoms with Crippen molar-refractivity contribution in [2.75, 3.05) is 6.54 Å². The number of hydrogen-bond donors (Lipinski definition) is 2. The van der Waals surface area contributed by atoms with E-state index in [0.717, 1.165) is 24.2 Å². The average molecular weight is 252 g/mol. The van der Waals surface area contributed by atoms with Crippen LogP contribution < -0.4 is 10.6 Å². The second-order valence-corrected chi connectivity index (χ2v) is 4.90. The van der Waals surface area contributed by atoms with E-state index in [4.69, 9.17) is 0 Å². The summed E-state index contributed by atoms with van der Waals surface area (Å²) in [6, 6.07) is 0.478. The quantitative estimate of drug-likeness (QED) is 0.715. The summed E-state index contributed by atoms with van der Waals surface area (Å²) in [5.41, 5.74) is 2.05. The van der Waals surface area contributed by atoms with Crippen molar-refractivity contribution in [2.24, 2.45) is 7.05 Å². The number of carbonyl (C=O) groups is 1. The van der Waals surface area contributed by atoms with E-state index in [9.17, 15) is 4.79 Å². The molecule has 0 fully saturated rings. The van der Waals surface area contributed by atoms with Crippen molar-refractivity contribution >= 4 is 5.91 Å². The van der Waals surface area contributed by atoms with Gasteiger partial charge in [0.1, 0.15) is 0 Å². The summed E-state index contributed by atoms with van der Waals surface area (Å²) in [6.07, 6.45) is 3.38. The van der Waals surface area contributed by atoms with Crippen molar-refractivity contribution in [2.45, 2.75) is 46.2 Å². The van der Waals surface area contributed by atoms with E-state index in [2.05, 4.69) is 29.6 Å².